The van der Waals surface area contributed by atoms with Crippen molar-refractivity contribution in [1.82, 2.24) is 0 Å². The SMILES string of the molecule is CC1(C)c2cc(N(c3ccccc3)c3ccc4c(c3)sc3ccccc34)ccc2-c2c(N(c3ccccc3)c3ccc4c(c3)sc3ccccc34)cc3sc4ccccc4c3c21. The van der Waals surface area contributed by atoms with Crippen LogP contribution in [0.5, 0.6) is 0 Å². The largest absolute Gasteiger partial charge is 0.310 e. The van der Waals surface area contributed by atoms with Gasteiger partial charge in [-0.2, -0.15) is 0 Å². The van der Waals surface area contributed by atoms with Gasteiger partial charge in [-0.15, -0.1) is 34.0 Å². The van der Waals surface area contributed by atoms with E-state index in [1.807, 2.05) is 34.0 Å². The molecule has 0 saturated heterocycles. The Morgan fingerprint density at radius 3 is 1.42 bits per heavy atom. The first-order valence-electron chi connectivity index (χ1n) is 21.2. The van der Waals surface area contributed by atoms with Crippen molar-refractivity contribution >= 4 is 129 Å². The van der Waals surface area contributed by atoms with Crippen LogP contribution in [-0.2, 0) is 5.41 Å². The topological polar surface area (TPSA) is 6.48 Å². The van der Waals surface area contributed by atoms with Gasteiger partial charge in [0.2, 0.25) is 0 Å². The van der Waals surface area contributed by atoms with Gasteiger partial charge < -0.3 is 9.80 Å². The lowest BCUT2D eigenvalue weighted by Crippen LogP contribution is -2.17. The average Bonchev–Trinajstić information content (AvgIpc) is 4.04. The van der Waals surface area contributed by atoms with Gasteiger partial charge in [-0.3, -0.25) is 0 Å². The molecule has 3 heterocycles. The molecule has 9 aromatic carbocycles. The summed E-state index contributed by atoms with van der Waals surface area (Å²) in [7, 11) is 0. The van der Waals surface area contributed by atoms with Crippen LogP contribution in [0.4, 0.5) is 34.1 Å². The standard InChI is InChI=1S/C57H38N2S3/c1-57(2)46-31-37(58(35-15-5-3-6-16-35)38-25-28-42-40-19-9-12-22-48(40)60-51(42)32-38)27-30-44(46)54-47(34-53-55(56(54)57)45-21-11-14-24-50(45)62-53)59(36-17-7-4-8-18-36)39-26-29-43-41-20-10-13-23-49(41)61-52(43)33-39/h3-34H,1-2H3. The molecule has 0 unspecified atom stereocenters. The molecule has 62 heavy (non-hydrogen) atoms. The van der Waals surface area contributed by atoms with E-state index in [0.29, 0.717) is 0 Å². The van der Waals surface area contributed by atoms with E-state index in [9.17, 15) is 0 Å². The smallest absolute Gasteiger partial charge is 0.0557 e. The lowest BCUT2D eigenvalue weighted by atomic mass is 9.80. The lowest BCUT2D eigenvalue weighted by Gasteiger charge is -2.29. The van der Waals surface area contributed by atoms with E-state index in [4.69, 9.17) is 0 Å². The number of fused-ring (bicyclic) bond motifs is 13. The first-order chi connectivity index (χ1) is 30.5. The maximum Gasteiger partial charge on any atom is 0.0557 e. The van der Waals surface area contributed by atoms with Gasteiger partial charge >= 0.3 is 0 Å². The molecule has 5 heteroatoms. The molecule has 1 aliphatic carbocycles. The molecule has 0 radical (unpaired) electrons. The molecule has 2 nitrogen and oxygen atoms in total. The van der Waals surface area contributed by atoms with Crippen LogP contribution < -0.4 is 9.80 Å². The highest BCUT2D eigenvalue weighted by atomic mass is 32.1. The van der Waals surface area contributed by atoms with Gasteiger partial charge in [0.15, 0.2) is 0 Å². The van der Waals surface area contributed by atoms with E-state index >= 15 is 0 Å². The molecule has 0 saturated carbocycles. The highest BCUT2D eigenvalue weighted by Gasteiger charge is 2.41. The molecule has 0 N–H and O–H groups in total. The molecule has 0 aliphatic heterocycles. The van der Waals surface area contributed by atoms with E-state index in [0.717, 1.165) is 28.4 Å². The number of anilines is 6. The van der Waals surface area contributed by atoms with Gasteiger partial charge in [-0.05, 0) is 102 Å². The number of para-hydroxylation sites is 2. The minimum absolute atomic E-state index is 0.311. The second-order valence-electron chi connectivity index (χ2n) is 16.9. The molecule has 3 aromatic heterocycles. The number of benzene rings is 9. The zero-order chi connectivity index (χ0) is 41.1. The van der Waals surface area contributed by atoms with Gasteiger partial charge in [-0.25, -0.2) is 0 Å². The summed E-state index contributed by atoms with van der Waals surface area (Å²) in [6.45, 7) is 4.90. The Hall–Kier alpha value is -6.76. The van der Waals surface area contributed by atoms with Crippen molar-refractivity contribution in [2.24, 2.45) is 0 Å². The zero-order valence-corrected chi connectivity index (χ0v) is 36.5. The van der Waals surface area contributed by atoms with Crippen molar-refractivity contribution in [3.05, 3.63) is 205 Å². The van der Waals surface area contributed by atoms with Crippen molar-refractivity contribution in [2.75, 3.05) is 9.80 Å². The molecule has 0 fully saturated rings. The number of thiophene rings is 3. The molecule has 294 valence electrons. The molecule has 0 atom stereocenters. The second-order valence-corrected chi connectivity index (χ2v) is 20.1. The maximum absolute atomic E-state index is 2.52. The first-order valence-corrected chi connectivity index (χ1v) is 23.6. The number of hydrogen-bond acceptors (Lipinski definition) is 5. The summed E-state index contributed by atoms with van der Waals surface area (Å²) in [6, 6.07) is 72.1. The van der Waals surface area contributed by atoms with E-state index in [-0.39, 0.29) is 5.41 Å². The summed E-state index contributed by atoms with van der Waals surface area (Å²) in [5.41, 5.74) is 12.0. The summed E-state index contributed by atoms with van der Waals surface area (Å²) in [5.74, 6) is 0. The van der Waals surface area contributed by atoms with E-state index in [1.54, 1.807) is 0 Å². The fourth-order valence-corrected chi connectivity index (χ4v) is 13.7. The first kappa shape index (κ1) is 35.9. The fraction of sp³-hybridized carbons (Fsp3) is 0.0526. The van der Waals surface area contributed by atoms with Crippen LogP contribution in [0.25, 0.3) is 71.6 Å². The van der Waals surface area contributed by atoms with Gasteiger partial charge in [-0.1, -0.05) is 123 Å². The lowest BCUT2D eigenvalue weighted by molar-refractivity contribution is 0.667. The van der Waals surface area contributed by atoms with Gasteiger partial charge in [0.25, 0.3) is 0 Å². The van der Waals surface area contributed by atoms with Gasteiger partial charge in [0.1, 0.15) is 0 Å². The van der Waals surface area contributed by atoms with E-state index in [2.05, 4.69) is 218 Å². The van der Waals surface area contributed by atoms with Crippen molar-refractivity contribution in [1.29, 1.82) is 0 Å². The third-order valence-corrected chi connectivity index (χ3v) is 16.4. The summed E-state index contributed by atoms with van der Waals surface area (Å²) < 4.78 is 7.86. The minimum atomic E-state index is -0.311. The Morgan fingerprint density at radius 1 is 0.355 bits per heavy atom. The maximum atomic E-state index is 2.52. The van der Waals surface area contributed by atoms with Crippen LogP contribution in [0, 0.1) is 0 Å². The Morgan fingerprint density at radius 2 is 0.806 bits per heavy atom. The Bertz CT molecular complexity index is 3740. The fourth-order valence-electron chi connectivity index (χ4n) is 10.2. The van der Waals surface area contributed by atoms with Crippen LogP contribution in [0.1, 0.15) is 25.0 Å². The molecule has 1 aliphatic rings. The Kier molecular flexibility index (Phi) is 7.90. The van der Waals surface area contributed by atoms with Crippen molar-refractivity contribution < 1.29 is 0 Å². The van der Waals surface area contributed by atoms with Crippen molar-refractivity contribution in [3.63, 3.8) is 0 Å². The molecular formula is C57H38N2S3. The normalized spacial score (nSPS) is 13.1. The second kappa shape index (κ2) is 13.6. The Labute approximate surface area is 371 Å². The van der Waals surface area contributed by atoms with E-state index in [1.165, 1.54) is 88.5 Å². The highest BCUT2D eigenvalue weighted by molar-refractivity contribution is 7.26. The number of nitrogens with zero attached hydrogens (tertiary/aromatic N) is 2. The molecular weight excluding hydrogens is 809 g/mol. The zero-order valence-electron chi connectivity index (χ0n) is 34.1. The summed E-state index contributed by atoms with van der Waals surface area (Å²) in [4.78, 5) is 4.96. The van der Waals surface area contributed by atoms with Crippen LogP contribution in [0.3, 0.4) is 0 Å². The predicted molar refractivity (Wildman–Crippen MR) is 272 cm³/mol. The average molecular weight is 847 g/mol. The molecule has 12 aromatic rings. The third kappa shape index (κ3) is 5.32. The van der Waals surface area contributed by atoms with Crippen LogP contribution in [0.2, 0.25) is 0 Å². The van der Waals surface area contributed by atoms with Crippen LogP contribution >= 0.6 is 34.0 Å². The van der Waals surface area contributed by atoms with Gasteiger partial charge in [0.05, 0.1) is 5.69 Å². The molecule has 0 spiro atoms. The summed E-state index contributed by atoms with van der Waals surface area (Å²) >= 11 is 5.65. The van der Waals surface area contributed by atoms with Gasteiger partial charge in [0, 0.05) is 99.9 Å². The number of rotatable bonds is 6. The summed E-state index contributed by atoms with van der Waals surface area (Å²) in [5, 5.41) is 7.95. The summed E-state index contributed by atoms with van der Waals surface area (Å²) in [6.07, 6.45) is 0. The molecule has 13 rings (SSSR count). The minimum Gasteiger partial charge on any atom is -0.310 e. The van der Waals surface area contributed by atoms with Crippen LogP contribution in [-0.4, -0.2) is 0 Å². The van der Waals surface area contributed by atoms with Crippen molar-refractivity contribution in [3.8, 4) is 11.1 Å². The van der Waals surface area contributed by atoms with E-state index < -0.39 is 0 Å². The van der Waals surface area contributed by atoms with Crippen molar-refractivity contribution in [2.45, 2.75) is 19.3 Å². The molecule has 0 bridgehead atoms. The third-order valence-electron chi connectivity index (χ3n) is 13.0. The highest BCUT2D eigenvalue weighted by Crippen LogP contribution is 2.60. The molecule has 0 amide bonds. The van der Waals surface area contributed by atoms with Crippen LogP contribution in [0.15, 0.2) is 194 Å². The predicted octanol–water partition coefficient (Wildman–Crippen LogP) is 18.0. The monoisotopic (exact) mass is 846 g/mol. The Balaban J connectivity index is 1.06. The number of hydrogen-bond donors (Lipinski definition) is 0. The quantitative estimate of drug-likeness (QED) is 0.164.